The second kappa shape index (κ2) is 29.6. The molecule has 4 aromatic rings. The standard InChI is InChI=1S/C50H64N2O13/c53-49(64-37-47-43-13-5-1-9-39(43)40-10-2-6-14-44(40)47)51-17-19-55-21-23-57-25-27-59-29-31-61-33-35-63-36-34-62-32-30-60-28-26-58-24-22-56-20-18-52-50(54)65-38-48-45-15-7-3-11-41(45)42-12-4-8-16-46(42)48/h1-16,47-48H,17-38H2,(H,51,53)(H,52,54). The summed E-state index contributed by atoms with van der Waals surface area (Å²) in [6.07, 6.45) is -0.914. The third-order valence-electron chi connectivity index (χ3n) is 10.7. The van der Waals surface area contributed by atoms with E-state index in [-0.39, 0.29) is 25.0 Å². The van der Waals surface area contributed by atoms with Gasteiger partial charge in [0, 0.05) is 24.9 Å². The number of carbonyl (C=O) groups is 2. The van der Waals surface area contributed by atoms with Crippen molar-refractivity contribution in [1.29, 1.82) is 0 Å². The van der Waals surface area contributed by atoms with Crippen molar-refractivity contribution < 1.29 is 61.7 Å². The average Bonchev–Trinajstić information content (AvgIpc) is 3.84. The lowest BCUT2D eigenvalue weighted by Gasteiger charge is -2.14. The first-order valence-electron chi connectivity index (χ1n) is 22.6. The van der Waals surface area contributed by atoms with Crippen LogP contribution >= 0.6 is 0 Å². The molecule has 0 fully saturated rings. The molecule has 0 unspecified atom stereocenters. The van der Waals surface area contributed by atoms with Gasteiger partial charge in [0.25, 0.3) is 0 Å². The zero-order valence-electron chi connectivity index (χ0n) is 37.3. The maximum absolute atomic E-state index is 12.3. The van der Waals surface area contributed by atoms with Gasteiger partial charge in [-0.05, 0) is 44.5 Å². The van der Waals surface area contributed by atoms with E-state index in [9.17, 15) is 9.59 Å². The summed E-state index contributed by atoms with van der Waals surface area (Å²) in [6, 6.07) is 33.0. The molecule has 2 aliphatic carbocycles. The molecule has 352 valence electrons. The Morgan fingerprint density at radius 3 is 0.785 bits per heavy atom. The summed E-state index contributed by atoms with van der Waals surface area (Å²) in [4.78, 5) is 24.6. The number of ether oxygens (including phenoxy) is 11. The summed E-state index contributed by atoms with van der Waals surface area (Å²) < 4.78 is 60.8. The fraction of sp³-hybridized carbons (Fsp3) is 0.480. The number of benzene rings is 4. The molecule has 0 atom stereocenters. The van der Waals surface area contributed by atoms with Crippen molar-refractivity contribution >= 4 is 12.2 Å². The lowest BCUT2D eigenvalue weighted by molar-refractivity contribution is -0.0248. The lowest BCUT2D eigenvalue weighted by atomic mass is 9.98. The van der Waals surface area contributed by atoms with Crippen molar-refractivity contribution in [3.8, 4) is 22.3 Å². The Balaban J connectivity index is 0.605. The Labute approximate surface area is 382 Å². The third kappa shape index (κ3) is 16.8. The molecule has 65 heavy (non-hydrogen) atoms. The number of carbonyl (C=O) groups excluding carboxylic acids is 2. The van der Waals surface area contributed by atoms with Crippen molar-refractivity contribution in [2.24, 2.45) is 0 Å². The van der Waals surface area contributed by atoms with Crippen molar-refractivity contribution in [3.63, 3.8) is 0 Å². The highest BCUT2D eigenvalue weighted by atomic mass is 16.6. The van der Waals surface area contributed by atoms with Crippen LogP contribution in [0.4, 0.5) is 9.59 Å². The highest BCUT2D eigenvalue weighted by Crippen LogP contribution is 2.45. The van der Waals surface area contributed by atoms with Gasteiger partial charge in [-0.1, -0.05) is 97.1 Å². The first kappa shape index (κ1) is 49.5. The summed E-state index contributed by atoms with van der Waals surface area (Å²) in [5.74, 6) is 0.0612. The van der Waals surface area contributed by atoms with Crippen LogP contribution in [0.25, 0.3) is 22.3 Å². The van der Waals surface area contributed by atoms with E-state index in [0.29, 0.717) is 132 Å². The zero-order valence-corrected chi connectivity index (χ0v) is 37.3. The summed E-state index contributed by atoms with van der Waals surface area (Å²) in [5.41, 5.74) is 9.52. The van der Waals surface area contributed by atoms with E-state index in [1.807, 2.05) is 48.5 Å². The number of fused-ring (bicyclic) bond motifs is 6. The molecular formula is C50H64N2O13. The highest BCUT2D eigenvalue weighted by Gasteiger charge is 2.30. The molecule has 0 bridgehead atoms. The minimum Gasteiger partial charge on any atom is -0.449 e. The van der Waals surface area contributed by atoms with Gasteiger partial charge in [0.2, 0.25) is 0 Å². The van der Waals surface area contributed by atoms with Gasteiger partial charge in [0.15, 0.2) is 0 Å². The number of alkyl carbamates (subject to hydrolysis) is 2. The van der Waals surface area contributed by atoms with Crippen LogP contribution < -0.4 is 10.6 Å². The molecule has 0 heterocycles. The average molecular weight is 901 g/mol. The highest BCUT2D eigenvalue weighted by molar-refractivity contribution is 5.80. The molecule has 0 aromatic heterocycles. The quantitative estimate of drug-likeness (QED) is 0.0510. The van der Waals surface area contributed by atoms with Gasteiger partial charge in [0.1, 0.15) is 13.2 Å². The molecule has 15 heteroatoms. The summed E-state index contributed by atoms with van der Waals surface area (Å²) in [5, 5.41) is 5.49. The summed E-state index contributed by atoms with van der Waals surface area (Å²) in [6.45, 7) is 9.27. The minimum atomic E-state index is -0.457. The maximum Gasteiger partial charge on any atom is 0.407 e. The SMILES string of the molecule is O=C(NCCOCCOCCOCCOCCOCCOCCOCCOCCOCCNC(=O)OCC1c2ccccc2-c2ccccc21)OCC1c2ccccc2-c2ccccc21. The van der Waals surface area contributed by atoms with Gasteiger partial charge >= 0.3 is 12.2 Å². The van der Waals surface area contributed by atoms with Gasteiger partial charge in [-0.2, -0.15) is 0 Å². The first-order chi connectivity index (χ1) is 32.2. The molecular weight excluding hydrogens is 837 g/mol. The Morgan fingerprint density at radius 2 is 0.538 bits per heavy atom. The fourth-order valence-corrected chi connectivity index (χ4v) is 7.61. The van der Waals surface area contributed by atoms with Crippen LogP contribution in [0.3, 0.4) is 0 Å². The number of rotatable bonds is 34. The van der Waals surface area contributed by atoms with E-state index in [0.717, 1.165) is 0 Å². The van der Waals surface area contributed by atoms with Gasteiger partial charge in [-0.3, -0.25) is 0 Å². The van der Waals surface area contributed by atoms with E-state index in [4.69, 9.17) is 52.1 Å². The Kier molecular flexibility index (Phi) is 22.5. The summed E-state index contributed by atoms with van der Waals surface area (Å²) >= 11 is 0. The Hall–Kier alpha value is -4.94. The van der Waals surface area contributed by atoms with E-state index in [2.05, 4.69) is 59.2 Å². The molecule has 0 spiro atoms. The Bertz CT molecular complexity index is 1750. The van der Waals surface area contributed by atoms with Crippen LogP contribution in [0.5, 0.6) is 0 Å². The van der Waals surface area contributed by atoms with Crippen LogP contribution in [0, 0.1) is 0 Å². The third-order valence-corrected chi connectivity index (χ3v) is 10.7. The molecule has 2 amide bonds. The minimum absolute atomic E-state index is 0.0306. The smallest absolute Gasteiger partial charge is 0.407 e. The van der Waals surface area contributed by atoms with Crippen LogP contribution in [-0.4, -0.2) is 157 Å². The molecule has 0 saturated heterocycles. The van der Waals surface area contributed by atoms with Gasteiger partial charge in [-0.25, -0.2) is 9.59 Å². The molecule has 4 aromatic carbocycles. The van der Waals surface area contributed by atoms with Crippen molar-refractivity contribution in [3.05, 3.63) is 119 Å². The lowest BCUT2D eigenvalue weighted by Crippen LogP contribution is -2.29. The van der Waals surface area contributed by atoms with Crippen molar-refractivity contribution in [2.45, 2.75) is 11.8 Å². The van der Waals surface area contributed by atoms with Crippen LogP contribution in [-0.2, 0) is 52.1 Å². The number of nitrogens with one attached hydrogen (secondary N) is 2. The van der Waals surface area contributed by atoms with Crippen LogP contribution in [0.2, 0.25) is 0 Å². The van der Waals surface area contributed by atoms with Gasteiger partial charge in [0.05, 0.1) is 119 Å². The van der Waals surface area contributed by atoms with E-state index in [1.165, 1.54) is 44.5 Å². The van der Waals surface area contributed by atoms with Gasteiger partial charge < -0.3 is 62.7 Å². The predicted molar refractivity (Wildman–Crippen MR) is 244 cm³/mol. The van der Waals surface area contributed by atoms with Crippen LogP contribution in [0.15, 0.2) is 97.1 Å². The van der Waals surface area contributed by atoms with E-state index in [1.54, 1.807) is 0 Å². The normalized spacial score (nSPS) is 12.7. The first-order valence-corrected chi connectivity index (χ1v) is 22.6. The zero-order chi connectivity index (χ0) is 45.0. The molecule has 15 nitrogen and oxygen atoms in total. The predicted octanol–water partition coefficient (Wildman–Crippen LogP) is 6.21. The maximum atomic E-state index is 12.3. The summed E-state index contributed by atoms with van der Waals surface area (Å²) in [7, 11) is 0. The topological polar surface area (TPSA) is 160 Å². The number of hydrogen-bond acceptors (Lipinski definition) is 13. The fourth-order valence-electron chi connectivity index (χ4n) is 7.61. The van der Waals surface area contributed by atoms with E-state index < -0.39 is 12.2 Å². The number of hydrogen-bond donors (Lipinski definition) is 2. The molecule has 2 aliphatic rings. The van der Waals surface area contributed by atoms with E-state index >= 15 is 0 Å². The second-order valence-corrected chi connectivity index (χ2v) is 15.0. The number of amides is 2. The Morgan fingerprint density at radius 1 is 0.323 bits per heavy atom. The molecule has 6 rings (SSSR count). The largest absolute Gasteiger partial charge is 0.449 e. The molecule has 2 N–H and O–H groups in total. The molecule has 0 aliphatic heterocycles. The van der Waals surface area contributed by atoms with Gasteiger partial charge in [-0.15, -0.1) is 0 Å². The molecule has 0 radical (unpaired) electrons. The molecule has 0 saturated carbocycles. The second-order valence-electron chi connectivity index (χ2n) is 15.0. The monoisotopic (exact) mass is 900 g/mol. The van der Waals surface area contributed by atoms with Crippen molar-refractivity contribution in [1.82, 2.24) is 10.6 Å². The van der Waals surface area contributed by atoms with Crippen molar-refractivity contribution in [2.75, 3.05) is 145 Å². The van der Waals surface area contributed by atoms with Crippen LogP contribution in [0.1, 0.15) is 34.1 Å².